The number of guanidine groups is 1. The second-order valence-electron chi connectivity index (χ2n) is 8.93. The number of hydrogen-bond acceptors (Lipinski definition) is 2. The Morgan fingerprint density at radius 2 is 1.62 bits per heavy atom. The van der Waals surface area contributed by atoms with Gasteiger partial charge in [0.15, 0.2) is 5.96 Å². The molecule has 4 rings (SSSR count). The molecule has 3 aliphatic rings. The summed E-state index contributed by atoms with van der Waals surface area (Å²) in [6, 6.07) is 8.07. The molecule has 2 atom stereocenters. The SMILES string of the molecule is CCNC(=NCc1ccc(C(=O)N2CCCCC2)cc1)N1CC2CCCCC2C1. The molecule has 2 unspecified atom stereocenters. The van der Waals surface area contributed by atoms with Gasteiger partial charge in [0.2, 0.25) is 0 Å². The number of carbonyl (C=O) groups excluding carboxylic acids is 1. The van der Waals surface area contributed by atoms with Crippen LogP contribution in [0.4, 0.5) is 0 Å². The molecule has 0 radical (unpaired) electrons. The van der Waals surface area contributed by atoms with E-state index in [0.29, 0.717) is 6.54 Å². The third-order valence-electron chi connectivity index (χ3n) is 6.87. The quantitative estimate of drug-likeness (QED) is 0.620. The van der Waals surface area contributed by atoms with Crippen LogP contribution in [0.3, 0.4) is 0 Å². The largest absolute Gasteiger partial charge is 0.357 e. The van der Waals surface area contributed by atoms with E-state index in [0.717, 1.165) is 74.5 Å². The molecule has 29 heavy (non-hydrogen) atoms. The molecule has 1 N–H and O–H groups in total. The first-order valence-corrected chi connectivity index (χ1v) is 11.7. The Hall–Kier alpha value is -2.04. The van der Waals surface area contributed by atoms with Crippen LogP contribution in [-0.4, -0.2) is 54.4 Å². The predicted octanol–water partition coefficient (Wildman–Crippen LogP) is 3.90. The Morgan fingerprint density at radius 3 is 2.24 bits per heavy atom. The fourth-order valence-electron chi connectivity index (χ4n) is 5.20. The number of fused-ring (bicyclic) bond motifs is 1. The Morgan fingerprint density at radius 1 is 0.966 bits per heavy atom. The van der Waals surface area contributed by atoms with Crippen molar-refractivity contribution in [2.75, 3.05) is 32.7 Å². The lowest BCUT2D eigenvalue weighted by Gasteiger charge is -2.26. The van der Waals surface area contributed by atoms with Crippen LogP contribution in [0, 0.1) is 11.8 Å². The van der Waals surface area contributed by atoms with Crippen LogP contribution >= 0.6 is 0 Å². The summed E-state index contributed by atoms with van der Waals surface area (Å²) in [4.78, 5) is 22.0. The highest BCUT2D eigenvalue weighted by molar-refractivity contribution is 5.94. The average Bonchev–Trinajstić information content (AvgIpc) is 3.21. The molecular weight excluding hydrogens is 360 g/mol. The number of benzene rings is 1. The first-order chi connectivity index (χ1) is 14.2. The minimum Gasteiger partial charge on any atom is -0.357 e. The van der Waals surface area contributed by atoms with Crippen LogP contribution in [0.2, 0.25) is 0 Å². The number of rotatable bonds is 4. The van der Waals surface area contributed by atoms with E-state index in [2.05, 4.69) is 29.3 Å². The molecule has 5 nitrogen and oxygen atoms in total. The lowest BCUT2D eigenvalue weighted by atomic mass is 9.82. The van der Waals surface area contributed by atoms with Crippen LogP contribution in [-0.2, 0) is 6.54 Å². The van der Waals surface area contributed by atoms with Gasteiger partial charge in [-0.05, 0) is 68.6 Å². The second kappa shape index (κ2) is 9.64. The molecule has 3 fully saturated rings. The van der Waals surface area contributed by atoms with Gasteiger partial charge in [0.25, 0.3) is 5.91 Å². The lowest BCUT2D eigenvalue weighted by Crippen LogP contribution is -2.40. The fourth-order valence-corrected chi connectivity index (χ4v) is 5.20. The van der Waals surface area contributed by atoms with Crippen molar-refractivity contribution in [1.29, 1.82) is 0 Å². The highest BCUT2D eigenvalue weighted by atomic mass is 16.2. The van der Waals surface area contributed by atoms with Crippen LogP contribution in [0.15, 0.2) is 29.3 Å². The first-order valence-electron chi connectivity index (χ1n) is 11.7. The number of likely N-dealkylation sites (tertiary alicyclic amines) is 2. The van der Waals surface area contributed by atoms with Crippen molar-refractivity contribution in [3.63, 3.8) is 0 Å². The van der Waals surface area contributed by atoms with Gasteiger partial charge in [-0.25, -0.2) is 4.99 Å². The number of hydrogen-bond donors (Lipinski definition) is 1. The molecule has 1 aromatic rings. The van der Waals surface area contributed by atoms with Gasteiger partial charge in [0, 0.05) is 38.3 Å². The van der Waals surface area contributed by atoms with E-state index in [1.165, 1.54) is 32.1 Å². The molecule has 0 bridgehead atoms. The average molecular weight is 397 g/mol. The van der Waals surface area contributed by atoms with Crippen LogP contribution in [0.1, 0.15) is 67.8 Å². The normalized spacial score (nSPS) is 25.1. The van der Waals surface area contributed by atoms with Crippen molar-refractivity contribution in [1.82, 2.24) is 15.1 Å². The summed E-state index contributed by atoms with van der Waals surface area (Å²) < 4.78 is 0. The van der Waals surface area contributed by atoms with Gasteiger partial charge in [0.1, 0.15) is 0 Å². The van der Waals surface area contributed by atoms with E-state index in [4.69, 9.17) is 4.99 Å². The summed E-state index contributed by atoms with van der Waals surface area (Å²) in [7, 11) is 0. The van der Waals surface area contributed by atoms with E-state index in [-0.39, 0.29) is 5.91 Å². The molecule has 2 heterocycles. The molecule has 0 spiro atoms. The monoisotopic (exact) mass is 396 g/mol. The summed E-state index contributed by atoms with van der Waals surface area (Å²) in [5, 5.41) is 3.49. The smallest absolute Gasteiger partial charge is 0.253 e. The Balaban J connectivity index is 1.37. The maximum Gasteiger partial charge on any atom is 0.253 e. The maximum atomic E-state index is 12.6. The number of amides is 1. The first kappa shape index (κ1) is 20.2. The Kier molecular flexibility index (Phi) is 6.73. The minimum atomic E-state index is 0.174. The van der Waals surface area contributed by atoms with Crippen molar-refractivity contribution in [3.8, 4) is 0 Å². The Bertz CT molecular complexity index is 694. The molecule has 1 saturated carbocycles. The molecule has 1 aromatic carbocycles. The standard InChI is InChI=1S/C24H36N4O/c1-2-25-24(28-17-21-8-4-5-9-22(21)18-28)26-16-19-10-12-20(13-11-19)23(29)27-14-6-3-7-15-27/h10-13,21-22H,2-9,14-18H2,1H3,(H,25,26). The van der Waals surface area contributed by atoms with E-state index < -0.39 is 0 Å². The van der Waals surface area contributed by atoms with Gasteiger partial charge in [-0.2, -0.15) is 0 Å². The highest BCUT2D eigenvalue weighted by Crippen LogP contribution is 2.36. The molecule has 2 saturated heterocycles. The van der Waals surface area contributed by atoms with Crippen molar-refractivity contribution in [2.45, 2.75) is 58.4 Å². The highest BCUT2D eigenvalue weighted by Gasteiger charge is 2.35. The van der Waals surface area contributed by atoms with Crippen LogP contribution in [0.25, 0.3) is 0 Å². The third-order valence-corrected chi connectivity index (χ3v) is 6.87. The molecule has 1 amide bonds. The zero-order valence-corrected chi connectivity index (χ0v) is 17.9. The van der Waals surface area contributed by atoms with Gasteiger partial charge >= 0.3 is 0 Å². The van der Waals surface area contributed by atoms with E-state index in [1.807, 2.05) is 17.0 Å². The zero-order chi connectivity index (χ0) is 20.1. The van der Waals surface area contributed by atoms with E-state index in [9.17, 15) is 4.79 Å². The van der Waals surface area contributed by atoms with Crippen molar-refractivity contribution in [3.05, 3.63) is 35.4 Å². The summed E-state index contributed by atoms with van der Waals surface area (Å²) >= 11 is 0. The fraction of sp³-hybridized carbons (Fsp3) is 0.667. The summed E-state index contributed by atoms with van der Waals surface area (Å²) in [5.74, 6) is 2.93. The third kappa shape index (κ3) is 4.93. The number of nitrogens with zero attached hydrogens (tertiary/aromatic N) is 3. The summed E-state index contributed by atoms with van der Waals surface area (Å²) in [6.07, 6.45) is 9.05. The summed E-state index contributed by atoms with van der Waals surface area (Å²) in [5.41, 5.74) is 1.96. The number of carbonyl (C=O) groups is 1. The topological polar surface area (TPSA) is 47.9 Å². The minimum absolute atomic E-state index is 0.174. The predicted molar refractivity (Wildman–Crippen MR) is 118 cm³/mol. The van der Waals surface area contributed by atoms with Gasteiger partial charge in [0.05, 0.1) is 6.54 Å². The number of nitrogens with one attached hydrogen (secondary N) is 1. The molecule has 2 aliphatic heterocycles. The van der Waals surface area contributed by atoms with Gasteiger partial charge in [-0.1, -0.05) is 25.0 Å². The number of aliphatic imine (C=N–C) groups is 1. The van der Waals surface area contributed by atoms with Crippen molar-refractivity contribution in [2.24, 2.45) is 16.8 Å². The van der Waals surface area contributed by atoms with Gasteiger partial charge in [-0.3, -0.25) is 4.79 Å². The lowest BCUT2D eigenvalue weighted by molar-refractivity contribution is 0.0724. The summed E-state index contributed by atoms with van der Waals surface area (Å²) in [6.45, 7) is 7.79. The molecule has 5 heteroatoms. The van der Waals surface area contributed by atoms with Crippen LogP contribution < -0.4 is 5.32 Å². The molecular formula is C24H36N4O. The second-order valence-corrected chi connectivity index (χ2v) is 8.93. The molecule has 1 aliphatic carbocycles. The molecule has 158 valence electrons. The van der Waals surface area contributed by atoms with E-state index in [1.54, 1.807) is 0 Å². The van der Waals surface area contributed by atoms with Crippen molar-refractivity contribution >= 4 is 11.9 Å². The van der Waals surface area contributed by atoms with Gasteiger partial charge < -0.3 is 15.1 Å². The van der Waals surface area contributed by atoms with Crippen LogP contribution in [0.5, 0.6) is 0 Å². The maximum absolute atomic E-state index is 12.6. The van der Waals surface area contributed by atoms with Crippen molar-refractivity contribution < 1.29 is 4.79 Å². The van der Waals surface area contributed by atoms with Gasteiger partial charge in [-0.15, -0.1) is 0 Å². The molecule has 0 aromatic heterocycles. The number of piperidine rings is 1. The Labute approximate surface area is 175 Å². The van der Waals surface area contributed by atoms with E-state index >= 15 is 0 Å². The zero-order valence-electron chi connectivity index (χ0n) is 17.9.